The molecule has 0 spiro atoms. The third-order valence-electron chi connectivity index (χ3n) is 5.51. The SMILES string of the molecule is COCCNC(=O)c1ccc(OC2CCN([C@H](C)CCn3cccn3)CC2)c(Cl)c1. The maximum atomic E-state index is 12.1. The second-order valence-corrected chi connectivity index (χ2v) is 8.06. The van der Waals surface area contributed by atoms with Gasteiger partial charge in [-0.2, -0.15) is 5.10 Å². The molecule has 1 aromatic carbocycles. The van der Waals surface area contributed by atoms with Crippen LogP contribution in [0.15, 0.2) is 36.7 Å². The molecule has 8 heteroatoms. The summed E-state index contributed by atoms with van der Waals surface area (Å²) < 4.78 is 13.1. The predicted octanol–water partition coefficient (Wildman–Crippen LogP) is 3.23. The molecule has 1 aromatic heterocycles. The molecule has 0 radical (unpaired) electrons. The van der Waals surface area contributed by atoms with E-state index in [0.717, 1.165) is 38.9 Å². The molecule has 1 aliphatic rings. The van der Waals surface area contributed by atoms with Crippen LogP contribution in [0, 0.1) is 0 Å². The molecule has 2 aromatic rings. The number of halogens is 1. The van der Waals surface area contributed by atoms with Gasteiger partial charge in [0.25, 0.3) is 5.91 Å². The Bertz CT molecular complexity index is 792. The molecule has 2 heterocycles. The fourth-order valence-corrected chi connectivity index (χ4v) is 3.88. The standard InChI is InChI=1S/C22H31ClN4O3/c1-17(6-14-27-11-3-9-25-27)26-12-7-19(8-13-26)30-21-5-4-18(16-20(21)23)22(28)24-10-15-29-2/h3-5,9,11,16-17,19H,6-8,10,12-15H2,1-2H3,(H,24,28)/t17-/m1/s1. The van der Waals surface area contributed by atoms with Gasteiger partial charge in [-0.05, 0) is 50.5 Å². The van der Waals surface area contributed by atoms with Crippen LogP contribution >= 0.6 is 11.6 Å². The van der Waals surface area contributed by atoms with E-state index in [-0.39, 0.29) is 12.0 Å². The molecule has 30 heavy (non-hydrogen) atoms. The number of rotatable bonds is 10. The molecule has 1 aliphatic heterocycles. The highest BCUT2D eigenvalue weighted by Crippen LogP contribution is 2.29. The highest BCUT2D eigenvalue weighted by atomic mass is 35.5. The van der Waals surface area contributed by atoms with E-state index in [4.69, 9.17) is 21.1 Å². The van der Waals surface area contributed by atoms with E-state index in [2.05, 4.69) is 22.2 Å². The van der Waals surface area contributed by atoms with Gasteiger partial charge < -0.3 is 19.7 Å². The number of aromatic nitrogens is 2. The van der Waals surface area contributed by atoms with Gasteiger partial charge in [-0.3, -0.25) is 9.48 Å². The maximum Gasteiger partial charge on any atom is 0.251 e. The smallest absolute Gasteiger partial charge is 0.251 e. The number of carbonyl (C=O) groups excluding carboxylic acids is 1. The Balaban J connectivity index is 1.44. The van der Waals surface area contributed by atoms with Crippen molar-refractivity contribution in [2.45, 2.75) is 44.9 Å². The van der Waals surface area contributed by atoms with Gasteiger partial charge >= 0.3 is 0 Å². The van der Waals surface area contributed by atoms with E-state index in [0.29, 0.717) is 35.5 Å². The highest BCUT2D eigenvalue weighted by Gasteiger charge is 2.24. The van der Waals surface area contributed by atoms with Crippen molar-refractivity contribution < 1.29 is 14.3 Å². The van der Waals surface area contributed by atoms with E-state index >= 15 is 0 Å². The first-order chi connectivity index (χ1) is 14.6. The fourth-order valence-electron chi connectivity index (χ4n) is 3.65. The van der Waals surface area contributed by atoms with Crippen LogP contribution in [-0.4, -0.2) is 66.1 Å². The number of hydrogen-bond acceptors (Lipinski definition) is 5. The summed E-state index contributed by atoms with van der Waals surface area (Å²) >= 11 is 6.37. The number of nitrogens with zero attached hydrogens (tertiary/aromatic N) is 3. The van der Waals surface area contributed by atoms with Crippen molar-refractivity contribution in [1.82, 2.24) is 20.0 Å². The van der Waals surface area contributed by atoms with Crippen molar-refractivity contribution in [2.24, 2.45) is 0 Å². The zero-order valence-corrected chi connectivity index (χ0v) is 18.5. The Morgan fingerprint density at radius 2 is 2.17 bits per heavy atom. The summed E-state index contributed by atoms with van der Waals surface area (Å²) in [5.41, 5.74) is 0.518. The third kappa shape index (κ3) is 6.45. The van der Waals surface area contributed by atoms with Crippen molar-refractivity contribution in [3.63, 3.8) is 0 Å². The average molecular weight is 435 g/mol. The van der Waals surface area contributed by atoms with Crippen molar-refractivity contribution in [3.8, 4) is 5.75 Å². The second-order valence-electron chi connectivity index (χ2n) is 7.65. The lowest BCUT2D eigenvalue weighted by Gasteiger charge is -2.36. The summed E-state index contributed by atoms with van der Waals surface area (Å²) in [5, 5.41) is 7.52. The number of aryl methyl sites for hydroxylation is 1. The van der Waals surface area contributed by atoms with Crippen LogP contribution in [0.1, 0.15) is 36.5 Å². The lowest BCUT2D eigenvalue weighted by molar-refractivity contribution is 0.0760. The number of amides is 1. The summed E-state index contributed by atoms with van der Waals surface area (Å²) in [6.07, 6.45) is 6.96. The minimum atomic E-state index is -0.169. The quantitative estimate of drug-likeness (QED) is 0.581. The first kappa shape index (κ1) is 22.6. The largest absolute Gasteiger partial charge is 0.489 e. The van der Waals surface area contributed by atoms with Gasteiger partial charge in [-0.25, -0.2) is 0 Å². The molecule has 1 N–H and O–H groups in total. The predicted molar refractivity (Wildman–Crippen MR) is 117 cm³/mol. The zero-order chi connectivity index (χ0) is 21.3. The zero-order valence-electron chi connectivity index (χ0n) is 17.7. The Labute approximate surface area is 183 Å². The van der Waals surface area contributed by atoms with Gasteiger partial charge in [0.05, 0.1) is 11.6 Å². The number of nitrogens with one attached hydrogen (secondary N) is 1. The summed E-state index contributed by atoms with van der Waals surface area (Å²) in [6, 6.07) is 7.65. The van der Waals surface area contributed by atoms with Gasteiger partial charge in [-0.1, -0.05) is 11.6 Å². The Kier molecular flexibility index (Phi) is 8.54. The number of hydrogen-bond donors (Lipinski definition) is 1. The molecular weight excluding hydrogens is 404 g/mol. The normalized spacial score (nSPS) is 16.4. The van der Waals surface area contributed by atoms with Gasteiger partial charge in [-0.15, -0.1) is 0 Å². The van der Waals surface area contributed by atoms with Gasteiger partial charge in [0.1, 0.15) is 11.9 Å². The monoisotopic (exact) mass is 434 g/mol. The van der Waals surface area contributed by atoms with Crippen LogP contribution in [0.25, 0.3) is 0 Å². The average Bonchev–Trinajstić information content (AvgIpc) is 3.28. The topological polar surface area (TPSA) is 68.6 Å². The minimum Gasteiger partial charge on any atom is -0.489 e. The lowest BCUT2D eigenvalue weighted by Crippen LogP contribution is -2.43. The molecule has 0 aliphatic carbocycles. The first-order valence-electron chi connectivity index (χ1n) is 10.5. The van der Waals surface area contributed by atoms with Crippen LogP contribution < -0.4 is 10.1 Å². The molecule has 7 nitrogen and oxygen atoms in total. The molecule has 0 saturated carbocycles. The summed E-state index contributed by atoms with van der Waals surface area (Å²) in [7, 11) is 1.60. The molecule has 1 atom stereocenters. The molecular formula is C22H31ClN4O3. The Morgan fingerprint density at radius 1 is 1.37 bits per heavy atom. The summed E-state index contributed by atoms with van der Waals surface area (Å²) in [4.78, 5) is 14.6. The van der Waals surface area contributed by atoms with Crippen LogP contribution in [0.2, 0.25) is 5.02 Å². The number of likely N-dealkylation sites (tertiary alicyclic amines) is 1. The van der Waals surface area contributed by atoms with Gasteiger partial charge in [0.15, 0.2) is 0 Å². The number of carbonyl (C=O) groups is 1. The lowest BCUT2D eigenvalue weighted by atomic mass is 10.0. The molecule has 0 unspecified atom stereocenters. The van der Waals surface area contributed by atoms with Crippen LogP contribution in [0.4, 0.5) is 0 Å². The molecule has 0 bridgehead atoms. The number of ether oxygens (including phenoxy) is 2. The van der Waals surface area contributed by atoms with E-state index in [1.807, 2.05) is 23.1 Å². The van der Waals surface area contributed by atoms with Crippen molar-refractivity contribution >= 4 is 17.5 Å². The maximum absolute atomic E-state index is 12.1. The minimum absolute atomic E-state index is 0.137. The third-order valence-corrected chi connectivity index (χ3v) is 5.81. The van der Waals surface area contributed by atoms with E-state index in [9.17, 15) is 4.79 Å². The molecule has 164 valence electrons. The Morgan fingerprint density at radius 3 is 2.83 bits per heavy atom. The van der Waals surface area contributed by atoms with E-state index in [1.54, 1.807) is 25.3 Å². The summed E-state index contributed by atoms with van der Waals surface area (Å²) in [6.45, 7) is 6.15. The van der Waals surface area contributed by atoms with E-state index < -0.39 is 0 Å². The van der Waals surface area contributed by atoms with Crippen molar-refractivity contribution in [2.75, 3.05) is 33.4 Å². The summed E-state index contributed by atoms with van der Waals surface area (Å²) in [5.74, 6) is 0.466. The Hall–Kier alpha value is -2.09. The van der Waals surface area contributed by atoms with Crippen LogP contribution in [0.5, 0.6) is 5.75 Å². The fraction of sp³-hybridized carbons (Fsp3) is 0.545. The molecule has 3 rings (SSSR count). The molecule has 1 fully saturated rings. The first-order valence-corrected chi connectivity index (χ1v) is 10.9. The van der Waals surface area contributed by atoms with E-state index in [1.165, 1.54) is 0 Å². The molecule has 1 saturated heterocycles. The van der Waals surface area contributed by atoms with Crippen LogP contribution in [-0.2, 0) is 11.3 Å². The second kappa shape index (κ2) is 11.3. The number of benzene rings is 1. The van der Waals surface area contributed by atoms with Gasteiger partial charge in [0.2, 0.25) is 0 Å². The van der Waals surface area contributed by atoms with Crippen molar-refractivity contribution in [1.29, 1.82) is 0 Å². The number of methoxy groups -OCH3 is 1. The number of piperidine rings is 1. The van der Waals surface area contributed by atoms with Crippen molar-refractivity contribution in [3.05, 3.63) is 47.2 Å². The highest BCUT2D eigenvalue weighted by molar-refractivity contribution is 6.32. The van der Waals surface area contributed by atoms with Crippen LogP contribution in [0.3, 0.4) is 0 Å². The van der Waals surface area contributed by atoms with Gasteiger partial charge in [0, 0.05) is 57.3 Å². The molecule has 1 amide bonds.